The molecule has 0 spiro atoms. The highest BCUT2D eigenvalue weighted by Gasteiger charge is 2.30. The Hall–Kier alpha value is -1.78. The van der Waals surface area contributed by atoms with Crippen LogP contribution in [0.3, 0.4) is 0 Å². The molecule has 0 aliphatic heterocycles. The van der Waals surface area contributed by atoms with Crippen molar-refractivity contribution in [3.05, 3.63) is 35.5 Å². The van der Waals surface area contributed by atoms with Gasteiger partial charge in [0.2, 0.25) is 0 Å². The molecule has 0 fully saturated rings. The molecule has 1 heterocycles. The molecule has 0 aliphatic rings. The minimum atomic E-state index is -4.34. The Morgan fingerprint density at radius 1 is 1.25 bits per heavy atom. The molecule has 0 saturated heterocycles. The summed E-state index contributed by atoms with van der Waals surface area (Å²) in [6.45, 7) is 0. The van der Waals surface area contributed by atoms with Crippen LogP contribution in [0.2, 0.25) is 0 Å². The van der Waals surface area contributed by atoms with Gasteiger partial charge in [-0.25, -0.2) is 0 Å². The SMILES string of the molecule is O=CCc1cc2ccc(C(F)(F)F)cc2[nH]1. The lowest BCUT2D eigenvalue weighted by molar-refractivity contribution is -0.137. The predicted octanol–water partition coefficient (Wildman–Crippen LogP) is 2.93. The quantitative estimate of drug-likeness (QED) is 0.786. The minimum absolute atomic E-state index is 0.177. The molecule has 1 aromatic heterocycles. The second kappa shape index (κ2) is 3.66. The molecule has 84 valence electrons. The molecule has 5 heteroatoms. The van der Waals surface area contributed by atoms with E-state index < -0.39 is 11.7 Å². The number of aromatic amines is 1. The van der Waals surface area contributed by atoms with Crippen molar-refractivity contribution in [2.75, 3.05) is 0 Å². The van der Waals surface area contributed by atoms with E-state index in [4.69, 9.17) is 0 Å². The first-order valence-electron chi connectivity index (χ1n) is 4.63. The highest BCUT2D eigenvalue weighted by Crippen LogP contribution is 2.31. The van der Waals surface area contributed by atoms with Crippen LogP contribution in [0.4, 0.5) is 13.2 Å². The number of carbonyl (C=O) groups is 1. The zero-order valence-electron chi connectivity index (χ0n) is 8.14. The maximum Gasteiger partial charge on any atom is 0.416 e. The number of halogens is 3. The highest BCUT2D eigenvalue weighted by atomic mass is 19.4. The maximum atomic E-state index is 12.4. The molecule has 0 bridgehead atoms. The normalized spacial score (nSPS) is 11.9. The molecule has 0 amide bonds. The molecule has 16 heavy (non-hydrogen) atoms. The average molecular weight is 227 g/mol. The van der Waals surface area contributed by atoms with Crippen molar-refractivity contribution in [2.45, 2.75) is 12.6 Å². The molecule has 0 unspecified atom stereocenters. The van der Waals surface area contributed by atoms with Gasteiger partial charge in [-0.1, -0.05) is 6.07 Å². The lowest BCUT2D eigenvalue weighted by Crippen LogP contribution is -2.03. The Morgan fingerprint density at radius 3 is 2.62 bits per heavy atom. The van der Waals surface area contributed by atoms with Crippen molar-refractivity contribution in [1.29, 1.82) is 0 Å². The van der Waals surface area contributed by atoms with E-state index in [-0.39, 0.29) is 6.42 Å². The van der Waals surface area contributed by atoms with E-state index in [1.165, 1.54) is 6.07 Å². The van der Waals surface area contributed by atoms with Crippen LogP contribution in [-0.2, 0) is 17.4 Å². The average Bonchev–Trinajstić information content (AvgIpc) is 2.57. The molecule has 2 nitrogen and oxygen atoms in total. The number of nitrogens with one attached hydrogen (secondary N) is 1. The number of benzene rings is 1. The van der Waals surface area contributed by atoms with Crippen molar-refractivity contribution in [2.24, 2.45) is 0 Å². The van der Waals surface area contributed by atoms with Crippen LogP contribution in [0.1, 0.15) is 11.3 Å². The third-order valence-corrected chi connectivity index (χ3v) is 2.31. The van der Waals surface area contributed by atoms with Gasteiger partial charge in [0.1, 0.15) is 6.29 Å². The van der Waals surface area contributed by atoms with Crippen molar-refractivity contribution in [3.63, 3.8) is 0 Å². The largest absolute Gasteiger partial charge is 0.416 e. The number of fused-ring (bicyclic) bond motifs is 1. The second-order valence-corrected chi connectivity index (χ2v) is 3.47. The van der Waals surface area contributed by atoms with Gasteiger partial charge in [-0.3, -0.25) is 0 Å². The Labute approximate surface area is 89.1 Å². The van der Waals surface area contributed by atoms with Gasteiger partial charge >= 0.3 is 6.18 Å². The van der Waals surface area contributed by atoms with Crippen molar-refractivity contribution in [3.8, 4) is 0 Å². The van der Waals surface area contributed by atoms with Crippen LogP contribution in [-0.4, -0.2) is 11.3 Å². The molecule has 0 aliphatic carbocycles. The summed E-state index contributed by atoms with van der Waals surface area (Å²) in [6, 6.07) is 5.14. The van der Waals surface area contributed by atoms with Crippen LogP contribution in [0.5, 0.6) is 0 Å². The molecule has 1 N–H and O–H groups in total. The third-order valence-electron chi connectivity index (χ3n) is 2.31. The summed E-state index contributed by atoms with van der Waals surface area (Å²) in [5.74, 6) is 0. The number of aldehydes is 1. The molecule has 0 saturated carbocycles. The van der Waals surface area contributed by atoms with Gasteiger partial charge in [-0.05, 0) is 23.6 Å². The molecule has 2 rings (SSSR count). The third kappa shape index (κ3) is 1.93. The smallest absolute Gasteiger partial charge is 0.358 e. The highest BCUT2D eigenvalue weighted by molar-refractivity contribution is 5.82. The van der Waals surface area contributed by atoms with Gasteiger partial charge in [0.15, 0.2) is 0 Å². The molecule has 0 atom stereocenters. The van der Waals surface area contributed by atoms with Gasteiger partial charge in [0.25, 0.3) is 0 Å². The summed E-state index contributed by atoms with van der Waals surface area (Å²) in [4.78, 5) is 13.1. The van der Waals surface area contributed by atoms with Crippen molar-refractivity contribution < 1.29 is 18.0 Å². The summed E-state index contributed by atoms with van der Waals surface area (Å²) in [6.07, 6.45) is -3.46. The van der Waals surface area contributed by atoms with E-state index in [0.717, 1.165) is 12.1 Å². The van der Waals surface area contributed by atoms with Gasteiger partial charge in [-0.15, -0.1) is 0 Å². The zero-order valence-corrected chi connectivity index (χ0v) is 8.14. The summed E-state index contributed by atoms with van der Waals surface area (Å²) < 4.78 is 37.2. The van der Waals surface area contributed by atoms with Crippen LogP contribution in [0.25, 0.3) is 10.9 Å². The van der Waals surface area contributed by atoms with Crippen LogP contribution in [0.15, 0.2) is 24.3 Å². The Kier molecular flexibility index (Phi) is 2.46. The van der Waals surface area contributed by atoms with Crippen LogP contribution >= 0.6 is 0 Å². The first-order valence-corrected chi connectivity index (χ1v) is 4.63. The fraction of sp³-hybridized carbons (Fsp3) is 0.182. The Morgan fingerprint density at radius 2 is 2.00 bits per heavy atom. The standard InChI is InChI=1S/C11H8F3NO/c12-11(13,14)8-2-1-7-5-9(3-4-16)15-10(7)6-8/h1-2,4-6,15H,3H2. The van der Waals surface area contributed by atoms with E-state index in [0.29, 0.717) is 22.9 Å². The lowest BCUT2D eigenvalue weighted by atomic mass is 10.1. The maximum absolute atomic E-state index is 12.4. The van der Waals surface area contributed by atoms with Gasteiger partial charge in [0, 0.05) is 17.6 Å². The number of aromatic nitrogens is 1. The molecular weight excluding hydrogens is 219 g/mol. The fourth-order valence-corrected chi connectivity index (χ4v) is 1.56. The molecular formula is C11H8F3NO. The number of H-pyrrole nitrogens is 1. The number of carbonyl (C=O) groups excluding carboxylic acids is 1. The van der Waals surface area contributed by atoms with Crippen molar-refractivity contribution in [1.82, 2.24) is 4.98 Å². The Balaban J connectivity index is 2.49. The van der Waals surface area contributed by atoms with Gasteiger partial charge in [-0.2, -0.15) is 13.2 Å². The van der Waals surface area contributed by atoms with E-state index in [9.17, 15) is 18.0 Å². The first kappa shape index (κ1) is 10.7. The van der Waals surface area contributed by atoms with E-state index in [2.05, 4.69) is 4.98 Å². The number of rotatable bonds is 2. The molecule has 0 radical (unpaired) electrons. The van der Waals surface area contributed by atoms with Gasteiger partial charge in [0.05, 0.1) is 5.56 Å². The van der Waals surface area contributed by atoms with E-state index in [1.54, 1.807) is 6.07 Å². The topological polar surface area (TPSA) is 32.9 Å². The van der Waals surface area contributed by atoms with Crippen LogP contribution < -0.4 is 0 Å². The van der Waals surface area contributed by atoms with E-state index >= 15 is 0 Å². The minimum Gasteiger partial charge on any atom is -0.358 e. The molecule has 2 aromatic rings. The number of hydrogen-bond donors (Lipinski definition) is 1. The summed E-state index contributed by atoms with van der Waals surface area (Å²) in [5.41, 5.74) is 0.315. The summed E-state index contributed by atoms with van der Waals surface area (Å²) in [5, 5.41) is 0.671. The Bertz CT molecular complexity index is 527. The lowest BCUT2D eigenvalue weighted by Gasteiger charge is -2.05. The monoisotopic (exact) mass is 227 g/mol. The second-order valence-electron chi connectivity index (χ2n) is 3.47. The van der Waals surface area contributed by atoms with Crippen molar-refractivity contribution >= 4 is 17.2 Å². The van der Waals surface area contributed by atoms with Crippen LogP contribution in [0, 0.1) is 0 Å². The predicted molar refractivity (Wildman–Crippen MR) is 53.1 cm³/mol. The van der Waals surface area contributed by atoms with Gasteiger partial charge < -0.3 is 9.78 Å². The van der Waals surface area contributed by atoms with E-state index in [1.807, 2.05) is 0 Å². The fourth-order valence-electron chi connectivity index (χ4n) is 1.56. The number of alkyl halides is 3. The summed E-state index contributed by atoms with van der Waals surface area (Å²) in [7, 11) is 0. The zero-order chi connectivity index (χ0) is 11.8. The first-order chi connectivity index (χ1) is 7.50. The number of hydrogen-bond acceptors (Lipinski definition) is 1. The molecule has 1 aromatic carbocycles. The summed E-state index contributed by atoms with van der Waals surface area (Å²) >= 11 is 0.